The second-order valence-corrected chi connectivity index (χ2v) is 8.59. The first kappa shape index (κ1) is 18.8. The Balaban J connectivity index is 1.67. The van der Waals surface area contributed by atoms with Gasteiger partial charge in [-0.3, -0.25) is 9.10 Å². The zero-order chi connectivity index (χ0) is 18.9. The average molecular weight is 415 g/mol. The molecule has 1 heterocycles. The normalized spacial score (nSPS) is 13.4. The first-order chi connectivity index (χ1) is 12.2. The predicted molar refractivity (Wildman–Crippen MR) is 103 cm³/mol. The van der Waals surface area contributed by atoms with Crippen molar-refractivity contribution < 1.29 is 17.9 Å². The van der Waals surface area contributed by atoms with Crippen molar-refractivity contribution in [3.63, 3.8) is 0 Å². The molecule has 6 nitrogen and oxygen atoms in total. The molecule has 3 rings (SSSR count). The van der Waals surface area contributed by atoms with Crippen molar-refractivity contribution >= 4 is 50.5 Å². The number of amides is 1. The molecular weight excluding hydrogens is 399 g/mol. The van der Waals surface area contributed by atoms with Gasteiger partial charge in [-0.05, 0) is 42.3 Å². The van der Waals surface area contributed by atoms with Crippen LogP contribution in [-0.2, 0) is 21.2 Å². The molecule has 0 saturated heterocycles. The molecule has 1 N–H and O–H groups in total. The highest BCUT2D eigenvalue weighted by molar-refractivity contribution is 7.92. The Morgan fingerprint density at radius 2 is 2.00 bits per heavy atom. The summed E-state index contributed by atoms with van der Waals surface area (Å²) in [5, 5.41) is 3.47. The number of benzene rings is 2. The average Bonchev–Trinajstić information content (AvgIpc) is 2.97. The Morgan fingerprint density at radius 1 is 1.23 bits per heavy atom. The van der Waals surface area contributed by atoms with Gasteiger partial charge in [-0.1, -0.05) is 29.3 Å². The second-order valence-electron chi connectivity index (χ2n) is 5.84. The minimum absolute atomic E-state index is 0.242. The van der Waals surface area contributed by atoms with E-state index in [1.165, 1.54) is 10.4 Å². The Morgan fingerprint density at radius 3 is 2.69 bits per heavy atom. The number of sulfonamides is 1. The predicted octanol–water partition coefficient (Wildman–Crippen LogP) is 3.33. The van der Waals surface area contributed by atoms with Gasteiger partial charge >= 0.3 is 0 Å². The number of halogens is 2. The van der Waals surface area contributed by atoms with E-state index in [2.05, 4.69) is 5.32 Å². The van der Waals surface area contributed by atoms with Crippen LogP contribution < -0.4 is 14.4 Å². The van der Waals surface area contributed by atoms with Crippen molar-refractivity contribution in [3.05, 3.63) is 52.0 Å². The monoisotopic (exact) mass is 414 g/mol. The van der Waals surface area contributed by atoms with Crippen LogP contribution in [0.25, 0.3) is 0 Å². The number of hydrogen-bond donors (Lipinski definition) is 1. The van der Waals surface area contributed by atoms with E-state index in [0.29, 0.717) is 40.1 Å². The second kappa shape index (κ2) is 7.34. The van der Waals surface area contributed by atoms with Crippen LogP contribution in [0.1, 0.15) is 5.56 Å². The molecule has 2 aromatic rings. The Labute approximate surface area is 161 Å². The molecule has 9 heteroatoms. The smallest absolute Gasteiger partial charge is 0.262 e. The number of nitrogens with one attached hydrogen (secondary N) is 1. The fraction of sp³-hybridized carbons (Fsp3) is 0.235. The van der Waals surface area contributed by atoms with Gasteiger partial charge in [0.25, 0.3) is 5.91 Å². The van der Waals surface area contributed by atoms with Crippen molar-refractivity contribution in [2.75, 3.05) is 29.0 Å². The summed E-state index contributed by atoms with van der Waals surface area (Å²) in [7, 11) is -3.35. The Hall–Kier alpha value is -1.96. The van der Waals surface area contributed by atoms with E-state index < -0.39 is 10.0 Å². The molecule has 0 spiro atoms. The van der Waals surface area contributed by atoms with Crippen LogP contribution in [0.4, 0.5) is 11.4 Å². The van der Waals surface area contributed by atoms with Crippen molar-refractivity contribution in [3.8, 4) is 5.75 Å². The summed E-state index contributed by atoms with van der Waals surface area (Å²) < 4.78 is 30.4. The lowest BCUT2D eigenvalue weighted by atomic mass is 10.1. The minimum atomic E-state index is -3.35. The largest absolute Gasteiger partial charge is 0.482 e. The Bertz CT molecular complexity index is 963. The number of ether oxygens (including phenoxy) is 1. The molecule has 2 aromatic carbocycles. The fourth-order valence-corrected chi connectivity index (χ4v) is 4.12. The van der Waals surface area contributed by atoms with Crippen LogP contribution in [0.15, 0.2) is 36.4 Å². The summed E-state index contributed by atoms with van der Waals surface area (Å²) in [6.07, 6.45) is 1.81. The molecule has 1 aliphatic heterocycles. The van der Waals surface area contributed by atoms with Crippen LogP contribution >= 0.6 is 23.2 Å². The number of anilines is 2. The van der Waals surface area contributed by atoms with Gasteiger partial charge in [-0.15, -0.1) is 0 Å². The number of fused-ring (bicyclic) bond motifs is 1. The van der Waals surface area contributed by atoms with Gasteiger partial charge in [-0.2, -0.15) is 0 Å². The molecular formula is C17H16Cl2N2O4S. The molecule has 0 aromatic heterocycles. The van der Waals surface area contributed by atoms with E-state index >= 15 is 0 Å². The fourth-order valence-electron chi connectivity index (χ4n) is 2.70. The first-order valence-electron chi connectivity index (χ1n) is 7.72. The summed E-state index contributed by atoms with van der Waals surface area (Å²) >= 11 is 11.8. The molecule has 0 atom stereocenters. The third kappa shape index (κ3) is 4.23. The first-order valence-corrected chi connectivity index (χ1v) is 10.3. The van der Waals surface area contributed by atoms with Gasteiger partial charge in [0, 0.05) is 17.3 Å². The Kier molecular flexibility index (Phi) is 5.32. The number of nitrogens with zero attached hydrogens (tertiary/aromatic N) is 1. The SMILES string of the molecule is CS(=O)(=O)N1CCc2ccc(NC(=O)COc3ccc(Cl)cc3Cl)cc21. The van der Waals surface area contributed by atoms with E-state index in [1.54, 1.807) is 24.3 Å². The van der Waals surface area contributed by atoms with Crippen molar-refractivity contribution in [1.29, 1.82) is 0 Å². The van der Waals surface area contributed by atoms with Crippen molar-refractivity contribution in [1.82, 2.24) is 0 Å². The molecule has 0 radical (unpaired) electrons. The van der Waals surface area contributed by atoms with Crippen LogP contribution in [0.5, 0.6) is 5.75 Å². The standard InChI is InChI=1S/C17H16Cl2N2O4S/c1-26(23,24)21-7-6-11-2-4-13(9-15(11)21)20-17(22)10-25-16-5-3-12(18)8-14(16)19/h2-5,8-9H,6-7,10H2,1H3,(H,20,22). The quantitative estimate of drug-likeness (QED) is 0.813. The third-order valence-electron chi connectivity index (χ3n) is 3.88. The molecule has 0 fully saturated rings. The highest BCUT2D eigenvalue weighted by atomic mass is 35.5. The maximum atomic E-state index is 12.1. The van der Waals surface area contributed by atoms with Crippen LogP contribution in [0.3, 0.4) is 0 Å². The maximum Gasteiger partial charge on any atom is 0.262 e. The summed E-state index contributed by atoms with van der Waals surface area (Å²) in [4.78, 5) is 12.1. The van der Waals surface area contributed by atoms with Crippen LogP contribution in [-0.4, -0.2) is 33.7 Å². The van der Waals surface area contributed by atoms with Crippen LogP contribution in [0, 0.1) is 0 Å². The zero-order valence-corrected chi connectivity index (χ0v) is 16.2. The molecule has 1 aliphatic rings. The topological polar surface area (TPSA) is 75.7 Å². The van der Waals surface area contributed by atoms with Gasteiger partial charge in [0.2, 0.25) is 10.0 Å². The molecule has 0 saturated carbocycles. The lowest BCUT2D eigenvalue weighted by Crippen LogP contribution is -2.27. The summed E-state index contributed by atoms with van der Waals surface area (Å²) in [5.74, 6) is -0.0386. The number of hydrogen-bond acceptors (Lipinski definition) is 4. The summed E-state index contributed by atoms with van der Waals surface area (Å²) in [6, 6.07) is 9.91. The van der Waals surface area contributed by atoms with E-state index in [0.717, 1.165) is 11.8 Å². The maximum absolute atomic E-state index is 12.1. The highest BCUT2D eigenvalue weighted by Gasteiger charge is 2.26. The van der Waals surface area contributed by atoms with E-state index in [-0.39, 0.29) is 12.5 Å². The van der Waals surface area contributed by atoms with Crippen molar-refractivity contribution in [2.24, 2.45) is 0 Å². The zero-order valence-electron chi connectivity index (χ0n) is 13.8. The minimum Gasteiger partial charge on any atom is -0.482 e. The molecule has 0 aliphatic carbocycles. The van der Waals surface area contributed by atoms with E-state index in [9.17, 15) is 13.2 Å². The number of carbonyl (C=O) groups excluding carboxylic acids is 1. The molecule has 0 unspecified atom stereocenters. The number of rotatable bonds is 5. The summed E-state index contributed by atoms with van der Waals surface area (Å²) in [6.45, 7) is 0.165. The van der Waals surface area contributed by atoms with Gasteiger partial charge in [-0.25, -0.2) is 8.42 Å². The molecule has 1 amide bonds. The summed E-state index contributed by atoms with van der Waals surface area (Å²) in [5.41, 5.74) is 2.01. The van der Waals surface area contributed by atoms with Gasteiger partial charge in [0.05, 0.1) is 17.0 Å². The van der Waals surface area contributed by atoms with Crippen LogP contribution in [0.2, 0.25) is 10.0 Å². The lowest BCUT2D eigenvalue weighted by Gasteiger charge is -2.17. The third-order valence-corrected chi connectivity index (χ3v) is 5.59. The van der Waals surface area contributed by atoms with Gasteiger partial charge in [0.1, 0.15) is 5.75 Å². The highest BCUT2D eigenvalue weighted by Crippen LogP contribution is 2.32. The number of carbonyl (C=O) groups is 1. The van der Waals surface area contributed by atoms with E-state index in [1.807, 2.05) is 6.07 Å². The van der Waals surface area contributed by atoms with Gasteiger partial charge in [0.15, 0.2) is 6.61 Å². The van der Waals surface area contributed by atoms with E-state index in [4.69, 9.17) is 27.9 Å². The molecule has 0 bridgehead atoms. The molecule has 138 valence electrons. The van der Waals surface area contributed by atoms with Crippen molar-refractivity contribution in [2.45, 2.75) is 6.42 Å². The lowest BCUT2D eigenvalue weighted by molar-refractivity contribution is -0.118. The molecule has 26 heavy (non-hydrogen) atoms. The van der Waals surface area contributed by atoms with Gasteiger partial charge < -0.3 is 10.1 Å².